The third-order valence-electron chi connectivity index (χ3n) is 5.44. The average Bonchev–Trinajstić information content (AvgIpc) is 2.85. The highest BCUT2D eigenvalue weighted by molar-refractivity contribution is 5.67. The van der Waals surface area contributed by atoms with Gasteiger partial charge in [-0.15, -0.1) is 0 Å². The minimum atomic E-state index is 0.687. The molecule has 160 valence electrons. The van der Waals surface area contributed by atoms with Crippen LogP contribution in [-0.4, -0.2) is 29.9 Å². The molecule has 0 atom stereocenters. The van der Waals surface area contributed by atoms with E-state index in [1.807, 2.05) is 81.4 Å². The van der Waals surface area contributed by atoms with Crippen LogP contribution in [-0.2, 0) is 0 Å². The number of hydrogen-bond acceptors (Lipinski definition) is 6. The van der Waals surface area contributed by atoms with Crippen LogP contribution in [0.15, 0.2) is 79.3 Å². The van der Waals surface area contributed by atoms with E-state index in [-0.39, 0.29) is 0 Å². The Balaban J connectivity index is 1.46. The Morgan fingerprint density at radius 3 is 1.30 bits per heavy atom. The highest BCUT2D eigenvalue weighted by atomic mass is 14.9. The number of aryl methyl sites for hydroxylation is 3. The van der Waals surface area contributed by atoms with Gasteiger partial charge in [0, 0.05) is 11.1 Å². The number of nitrogens with zero attached hydrogens (tertiary/aromatic N) is 6. The first-order chi connectivity index (χ1) is 16.1. The van der Waals surface area contributed by atoms with Crippen molar-refractivity contribution in [3.8, 4) is 45.3 Å². The zero-order valence-electron chi connectivity index (χ0n) is 18.7. The zero-order valence-corrected chi connectivity index (χ0v) is 18.7. The van der Waals surface area contributed by atoms with Crippen LogP contribution in [0.1, 0.15) is 17.1 Å². The molecule has 0 unspecified atom stereocenters. The Kier molecular flexibility index (Phi) is 5.40. The molecule has 2 aromatic carbocycles. The van der Waals surface area contributed by atoms with E-state index in [2.05, 4.69) is 15.0 Å². The lowest BCUT2D eigenvalue weighted by Gasteiger charge is -2.10. The largest absolute Gasteiger partial charge is 0.252 e. The number of benzene rings is 2. The molecule has 0 bridgehead atoms. The summed E-state index contributed by atoms with van der Waals surface area (Å²) in [6.45, 7) is 5.83. The molecule has 0 aliphatic carbocycles. The second-order valence-electron chi connectivity index (χ2n) is 7.80. The lowest BCUT2D eigenvalue weighted by Crippen LogP contribution is -2.02. The summed E-state index contributed by atoms with van der Waals surface area (Å²) >= 11 is 0. The summed E-state index contributed by atoms with van der Waals surface area (Å²) in [5.74, 6) is 0. The van der Waals surface area contributed by atoms with Gasteiger partial charge in [-0.1, -0.05) is 60.7 Å². The quantitative estimate of drug-likeness (QED) is 0.367. The van der Waals surface area contributed by atoms with E-state index in [4.69, 9.17) is 15.0 Å². The van der Waals surface area contributed by atoms with Gasteiger partial charge < -0.3 is 0 Å². The lowest BCUT2D eigenvalue weighted by atomic mass is 10.1. The van der Waals surface area contributed by atoms with Crippen molar-refractivity contribution in [3.05, 3.63) is 96.3 Å². The van der Waals surface area contributed by atoms with Gasteiger partial charge in [-0.25, -0.2) is 15.0 Å². The van der Waals surface area contributed by atoms with Crippen LogP contribution in [0, 0.1) is 20.8 Å². The van der Waals surface area contributed by atoms with Crippen molar-refractivity contribution in [2.45, 2.75) is 20.8 Å². The molecular formula is C27H22N6. The van der Waals surface area contributed by atoms with E-state index in [0.29, 0.717) is 17.1 Å². The van der Waals surface area contributed by atoms with Gasteiger partial charge in [0.1, 0.15) is 22.8 Å². The molecular weight excluding hydrogens is 408 g/mol. The molecule has 6 nitrogen and oxygen atoms in total. The highest BCUT2D eigenvalue weighted by Gasteiger charge is 2.15. The third kappa shape index (κ3) is 4.11. The Bertz CT molecular complexity index is 1430. The molecule has 6 heteroatoms. The maximum Gasteiger partial charge on any atom is 0.111 e. The van der Waals surface area contributed by atoms with E-state index in [1.54, 1.807) is 18.6 Å². The highest BCUT2D eigenvalue weighted by Crippen LogP contribution is 2.26. The standard InChI is InChI=1S/C27H22N6/c1-17-25(21-12-8-5-9-13-21)28-15-23(32-17)27-19(3)33-24(16-30-27)26-18(2)31-22(14-29-26)20-10-6-4-7-11-20/h4-16H,1-3H3. The van der Waals surface area contributed by atoms with Crippen LogP contribution in [0.4, 0.5) is 0 Å². The van der Waals surface area contributed by atoms with Crippen LogP contribution in [0.2, 0.25) is 0 Å². The molecule has 0 saturated carbocycles. The minimum Gasteiger partial charge on any atom is -0.252 e. The lowest BCUT2D eigenvalue weighted by molar-refractivity contribution is 1.05. The maximum atomic E-state index is 4.76. The fraction of sp³-hybridized carbons (Fsp3) is 0.111. The monoisotopic (exact) mass is 430 g/mol. The fourth-order valence-electron chi connectivity index (χ4n) is 3.80. The normalized spacial score (nSPS) is 10.9. The van der Waals surface area contributed by atoms with Gasteiger partial charge in [-0.3, -0.25) is 15.0 Å². The molecule has 0 spiro atoms. The number of aromatic nitrogens is 6. The second kappa shape index (κ2) is 8.67. The van der Waals surface area contributed by atoms with Gasteiger partial charge in [-0.05, 0) is 20.8 Å². The summed E-state index contributed by atoms with van der Waals surface area (Å²) in [7, 11) is 0. The topological polar surface area (TPSA) is 77.3 Å². The molecule has 5 aromatic rings. The fourth-order valence-corrected chi connectivity index (χ4v) is 3.80. The molecule has 0 aliphatic rings. The van der Waals surface area contributed by atoms with Gasteiger partial charge in [0.2, 0.25) is 0 Å². The van der Waals surface area contributed by atoms with Crippen molar-refractivity contribution in [1.82, 2.24) is 29.9 Å². The Morgan fingerprint density at radius 2 is 0.818 bits per heavy atom. The summed E-state index contributed by atoms with van der Waals surface area (Å²) in [6.07, 6.45) is 5.26. The van der Waals surface area contributed by atoms with E-state index < -0.39 is 0 Å². The van der Waals surface area contributed by atoms with E-state index in [1.165, 1.54) is 0 Å². The SMILES string of the molecule is Cc1nc(-c2ncc(-c3ncc(-c4ccccc4)nc3C)nc2C)cnc1-c1ccccc1. The Hall–Kier alpha value is -4.32. The average molecular weight is 431 g/mol. The zero-order chi connectivity index (χ0) is 22.8. The van der Waals surface area contributed by atoms with Gasteiger partial charge in [0.05, 0.1) is 47.1 Å². The van der Waals surface area contributed by atoms with Crippen LogP contribution >= 0.6 is 0 Å². The van der Waals surface area contributed by atoms with Crippen molar-refractivity contribution in [2.24, 2.45) is 0 Å². The van der Waals surface area contributed by atoms with E-state index in [0.717, 1.165) is 45.3 Å². The second-order valence-corrected chi connectivity index (χ2v) is 7.80. The molecule has 5 rings (SSSR count). The molecule has 0 fully saturated rings. The van der Waals surface area contributed by atoms with Crippen LogP contribution in [0.25, 0.3) is 45.3 Å². The van der Waals surface area contributed by atoms with Crippen molar-refractivity contribution < 1.29 is 0 Å². The smallest absolute Gasteiger partial charge is 0.111 e. The summed E-state index contributed by atoms with van der Waals surface area (Å²) in [5, 5.41) is 0. The number of hydrogen-bond donors (Lipinski definition) is 0. The Morgan fingerprint density at radius 1 is 0.424 bits per heavy atom. The first-order valence-corrected chi connectivity index (χ1v) is 10.7. The molecule has 0 N–H and O–H groups in total. The van der Waals surface area contributed by atoms with Gasteiger partial charge in [0.15, 0.2) is 0 Å². The number of rotatable bonds is 4. The van der Waals surface area contributed by atoms with Crippen LogP contribution < -0.4 is 0 Å². The first-order valence-electron chi connectivity index (χ1n) is 10.7. The minimum absolute atomic E-state index is 0.687. The maximum absolute atomic E-state index is 4.76. The first kappa shape index (κ1) is 20.6. The Labute approximate surface area is 192 Å². The van der Waals surface area contributed by atoms with Crippen molar-refractivity contribution in [1.29, 1.82) is 0 Å². The van der Waals surface area contributed by atoms with E-state index >= 15 is 0 Å². The predicted molar refractivity (Wildman–Crippen MR) is 129 cm³/mol. The van der Waals surface area contributed by atoms with Crippen LogP contribution in [0.5, 0.6) is 0 Å². The molecule has 0 saturated heterocycles. The molecule has 33 heavy (non-hydrogen) atoms. The molecule has 0 radical (unpaired) electrons. The van der Waals surface area contributed by atoms with Gasteiger partial charge in [-0.2, -0.15) is 0 Å². The van der Waals surface area contributed by atoms with Crippen LogP contribution in [0.3, 0.4) is 0 Å². The summed E-state index contributed by atoms with van der Waals surface area (Å²) in [6, 6.07) is 20.1. The molecule has 0 amide bonds. The summed E-state index contributed by atoms with van der Waals surface area (Å²) in [4.78, 5) is 28.2. The van der Waals surface area contributed by atoms with Gasteiger partial charge >= 0.3 is 0 Å². The van der Waals surface area contributed by atoms with E-state index in [9.17, 15) is 0 Å². The van der Waals surface area contributed by atoms with Crippen molar-refractivity contribution >= 4 is 0 Å². The molecule has 3 heterocycles. The summed E-state index contributed by atoms with van der Waals surface area (Å²) < 4.78 is 0. The predicted octanol–water partition coefficient (Wildman–Crippen LogP) is 5.65. The van der Waals surface area contributed by atoms with Crippen molar-refractivity contribution in [3.63, 3.8) is 0 Å². The van der Waals surface area contributed by atoms with Gasteiger partial charge in [0.25, 0.3) is 0 Å². The third-order valence-corrected chi connectivity index (χ3v) is 5.44. The summed E-state index contributed by atoms with van der Waals surface area (Å²) in [5.41, 5.74) is 9.01. The molecule has 0 aliphatic heterocycles. The molecule has 3 aromatic heterocycles. The van der Waals surface area contributed by atoms with Crippen molar-refractivity contribution in [2.75, 3.05) is 0 Å².